The normalized spacial score (nSPS) is 21.9. The van der Waals surface area contributed by atoms with E-state index in [4.69, 9.17) is 25.2 Å². The third kappa shape index (κ3) is 8.88. The highest BCUT2D eigenvalue weighted by molar-refractivity contribution is 7.64. The standard InChI is InChI=1S/C4H8ClO3P.C3H9N/c5-9-8-2-4-1-6-3-7-4;1-3-4-2/h4,9H,1-3H2;4H,3H2,1-2H3. The first-order chi connectivity index (χ1) is 6.35. The van der Waals surface area contributed by atoms with Crippen LogP contribution in [0.4, 0.5) is 0 Å². The average molecular weight is 230 g/mol. The van der Waals surface area contributed by atoms with Crippen molar-refractivity contribution in [2.45, 2.75) is 13.0 Å². The summed E-state index contributed by atoms with van der Waals surface area (Å²) in [6.07, 6.45) is 0.0937. The molecule has 0 aliphatic carbocycles. The predicted molar refractivity (Wildman–Crippen MR) is 55.4 cm³/mol. The first-order valence-corrected chi connectivity index (χ1v) is 6.08. The van der Waals surface area contributed by atoms with E-state index < -0.39 is 0 Å². The SMILES string of the molecule is CCNC.ClPOCC1COCO1. The van der Waals surface area contributed by atoms with Gasteiger partial charge >= 0.3 is 0 Å². The quantitative estimate of drug-likeness (QED) is 0.739. The van der Waals surface area contributed by atoms with E-state index in [1.54, 1.807) is 0 Å². The van der Waals surface area contributed by atoms with Crippen LogP contribution in [-0.2, 0) is 14.0 Å². The zero-order chi connectivity index (χ0) is 9.94. The molecule has 1 aliphatic heterocycles. The van der Waals surface area contributed by atoms with Crippen molar-refractivity contribution in [2.75, 3.05) is 33.6 Å². The monoisotopic (exact) mass is 229 g/mol. The smallest absolute Gasteiger partial charge is 0.147 e. The highest BCUT2D eigenvalue weighted by atomic mass is 35.7. The van der Waals surface area contributed by atoms with E-state index >= 15 is 0 Å². The van der Waals surface area contributed by atoms with Crippen molar-refractivity contribution in [1.82, 2.24) is 5.32 Å². The number of hydrogen-bond acceptors (Lipinski definition) is 4. The van der Waals surface area contributed by atoms with Crippen LogP contribution in [-0.4, -0.2) is 39.7 Å². The number of hydrogen-bond donors (Lipinski definition) is 1. The van der Waals surface area contributed by atoms with Crippen LogP contribution >= 0.6 is 19.4 Å². The molecule has 13 heavy (non-hydrogen) atoms. The zero-order valence-corrected chi connectivity index (χ0v) is 9.76. The molecule has 1 rings (SSSR count). The summed E-state index contributed by atoms with van der Waals surface area (Å²) >= 11 is 5.29. The summed E-state index contributed by atoms with van der Waals surface area (Å²) in [5.74, 6) is 0. The van der Waals surface area contributed by atoms with Crippen LogP contribution in [0.3, 0.4) is 0 Å². The Hall–Kier alpha value is 0.560. The Labute approximate surface area is 85.9 Å². The van der Waals surface area contributed by atoms with Gasteiger partial charge in [0.15, 0.2) is 0 Å². The molecule has 2 unspecified atom stereocenters. The maximum atomic E-state index is 5.29. The fourth-order valence-corrected chi connectivity index (χ4v) is 1.03. The topological polar surface area (TPSA) is 39.7 Å². The van der Waals surface area contributed by atoms with E-state index in [0.29, 0.717) is 20.0 Å². The average Bonchev–Trinajstić information content (AvgIpc) is 2.67. The van der Waals surface area contributed by atoms with Gasteiger partial charge in [-0.1, -0.05) is 18.2 Å². The van der Waals surface area contributed by atoms with Crippen LogP contribution in [0.2, 0.25) is 0 Å². The molecule has 1 fully saturated rings. The third-order valence-corrected chi connectivity index (χ3v) is 1.97. The minimum Gasteiger partial charge on any atom is -0.353 e. The van der Waals surface area contributed by atoms with Gasteiger partial charge in [-0.2, -0.15) is 0 Å². The second-order valence-corrected chi connectivity index (χ2v) is 3.28. The second kappa shape index (κ2) is 10.6. The largest absolute Gasteiger partial charge is 0.353 e. The van der Waals surface area contributed by atoms with E-state index in [0.717, 1.165) is 6.54 Å². The van der Waals surface area contributed by atoms with E-state index in [2.05, 4.69) is 12.2 Å². The molecular formula is C7H17ClNO3P. The van der Waals surface area contributed by atoms with E-state index in [1.807, 2.05) is 7.05 Å². The molecule has 4 nitrogen and oxygen atoms in total. The number of halogens is 1. The van der Waals surface area contributed by atoms with Crippen LogP contribution in [0.15, 0.2) is 0 Å². The number of ether oxygens (including phenoxy) is 2. The maximum Gasteiger partial charge on any atom is 0.147 e. The molecule has 0 aromatic rings. The van der Waals surface area contributed by atoms with Gasteiger partial charge < -0.3 is 19.3 Å². The molecule has 0 amide bonds. The first-order valence-electron chi connectivity index (χ1n) is 4.16. The molecule has 80 valence electrons. The Morgan fingerprint density at radius 3 is 2.77 bits per heavy atom. The van der Waals surface area contributed by atoms with E-state index in [1.165, 1.54) is 0 Å². The van der Waals surface area contributed by atoms with Crippen molar-refractivity contribution in [3.63, 3.8) is 0 Å². The number of nitrogens with one attached hydrogen (secondary N) is 1. The molecular weight excluding hydrogens is 213 g/mol. The van der Waals surface area contributed by atoms with E-state index in [9.17, 15) is 0 Å². The molecule has 0 saturated carbocycles. The molecule has 2 atom stereocenters. The Bertz CT molecular complexity index is 102. The van der Waals surface area contributed by atoms with Crippen molar-refractivity contribution in [3.8, 4) is 0 Å². The lowest BCUT2D eigenvalue weighted by Crippen LogP contribution is -2.14. The van der Waals surface area contributed by atoms with Gasteiger partial charge in [0.1, 0.15) is 21.1 Å². The molecule has 1 N–H and O–H groups in total. The van der Waals surface area contributed by atoms with Gasteiger partial charge in [0.25, 0.3) is 0 Å². The minimum absolute atomic E-state index is 0.0211. The number of rotatable bonds is 4. The molecule has 1 aliphatic rings. The molecule has 6 heteroatoms. The predicted octanol–water partition coefficient (Wildman–Crippen LogP) is 1.35. The summed E-state index contributed by atoms with van der Waals surface area (Å²) in [6.45, 7) is 4.70. The zero-order valence-electron chi connectivity index (χ0n) is 8.01. The molecule has 0 bridgehead atoms. The maximum absolute atomic E-state index is 5.29. The van der Waals surface area contributed by atoms with Crippen molar-refractivity contribution < 1.29 is 14.0 Å². The summed E-state index contributed by atoms with van der Waals surface area (Å²) in [7, 11) is 1.95. The molecule has 1 heterocycles. The lowest BCUT2D eigenvalue weighted by Gasteiger charge is -2.03. The fourth-order valence-electron chi connectivity index (χ4n) is 0.593. The summed E-state index contributed by atoms with van der Waals surface area (Å²) in [5.41, 5.74) is 0. The lowest BCUT2D eigenvalue weighted by molar-refractivity contribution is 0.0344. The second-order valence-electron chi connectivity index (χ2n) is 2.37. The van der Waals surface area contributed by atoms with Crippen molar-refractivity contribution in [1.29, 1.82) is 0 Å². The molecule has 0 aromatic carbocycles. The van der Waals surface area contributed by atoms with Crippen LogP contribution in [0.5, 0.6) is 0 Å². The highest BCUT2D eigenvalue weighted by Gasteiger charge is 2.15. The van der Waals surface area contributed by atoms with Gasteiger partial charge in [-0.3, -0.25) is 0 Å². The van der Waals surface area contributed by atoms with Crippen molar-refractivity contribution in [3.05, 3.63) is 0 Å². The molecule has 0 aromatic heterocycles. The van der Waals surface area contributed by atoms with Crippen molar-refractivity contribution in [2.24, 2.45) is 0 Å². The van der Waals surface area contributed by atoms with Gasteiger partial charge in [-0.15, -0.1) is 0 Å². The Kier molecular flexibility index (Phi) is 11.1. The highest BCUT2D eigenvalue weighted by Crippen LogP contribution is 2.18. The van der Waals surface area contributed by atoms with Gasteiger partial charge in [0.2, 0.25) is 0 Å². The van der Waals surface area contributed by atoms with Gasteiger partial charge in [0.05, 0.1) is 13.2 Å². The van der Waals surface area contributed by atoms with Crippen LogP contribution in [0.1, 0.15) is 6.92 Å². The molecule has 0 radical (unpaired) electrons. The molecule has 0 spiro atoms. The third-order valence-electron chi connectivity index (χ3n) is 1.37. The van der Waals surface area contributed by atoms with Crippen LogP contribution in [0.25, 0.3) is 0 Å². The first kappa shape index (κ1) is 13.6. The van der Waals surface area contributed by atoms with E-state index in [-0.39, 0.29) is 14.3 Å². The van der Waals surface area contributed by atoms with Crippen LogP contribution < -0.4 is 5.32 Å². The van der Waals surface area contributed by atoms with Crippen molar-refractivity contribution >= 4 is 19.4 Å². The molecule has 1 saturated heterocycles. The van der Waals surface area contributed by atoms with Gasteiger partial charge in [-0.25, -0.2) is 0 Å². The summed E-state index contributed by atoms with van der Waals surface area (Å²) in [6, 6.07) is 0. The fraction of sp³-hybridized carbons (Fsp3) is 1.00. The minimum atomic E-state index is 0.0211. The van der Waals surface area contributed by atoms with Gasteiger partial charge in [0, 0.05) is 0 Å². The summed E-state index contributed by atoms with van der Waals surface area (Å²) in [5, 5.41) is 2.93. The summed E-state index contributed by atoms with van der Waals surface area (Å²) in [4.78, 5) is 0. The summed E-state index contributed by atoms with van der Waals surface area (Å²) < 4.78 is 14.9. The Balaban J connectivity index is 0.000000310. The Morgan fingerprint density at radius 2 is 2.38 bits per heavy atom. The lowest BCUT2D eigenvalue weighted by atomic mass is 10.4. The Morgan fingerprint density at radius 1 is 1.69 bits per heavy atom. The van der Waals surface area contributed by atoms with Crippen LogP contribution in [0, 0.1) is 0 Å². The van der Waals surface area contributed by atoms with Gasteiger partial charge in [-0.05, 0) is 13.6 Å².